The lowest BCUT2D eigenvalue weighted by Crippen LogP contribution is -3.14. The van der Waals surface area contributed by atoms with Crippen LogP contribution in [0.25, 0.3) is 21.9 Å². The maximum Gasteiger partial charge on any atom is 0.154 e. The highest BCUT2D eigenvalue weighted by atomic mass is 19.1. The average molecular weight is 316 g/mol. The van der Waals surface area contributed by atoms with Crippen molar-refractivity contribution in [1.82, 2.24) is 15.0 Å². The predicted octanol–water partition coefficient (Wildman–Crippen LogP) is 0.577. The molecule has 0 atom stereocenters. The molecule has 0 bridgehead atoms. The number of nitrogens with zero attached hydrogens (tertiary/aromatic N) is 2. The molecule has 4 rings (SSSR count). The highest BCUT2D eigenvalue weighted by molar-refractivity contribution is 6.07. The Labute approximate surface area is 132 Å². The van der Waals surface area contributed by atoms with E-state index in [4.69, 9.17) is 4.74 Å². The number of halogens is 1. The molecule has 7 heteroatoms. The summed E-state index contributed by atoms with van der Waals surface area (Å²) in [6, 6.07) is 4.68. The number of aromatic nitrogens is 3. The van der Waals surface area contributed by atoms with Gasteiger partial charge >= 0.3 is 0 Å². The largest absolute Gasteiger partial charge is 0.370 e. The van der Waals surface area contributed by atoms with Crippen molar-refractivity contribution in [3.8, 4) is 0 Å². The topological polar surface area (TPSA) is 67.3 Å². The maximum absolute atomic E-state index is 13.5. The number of benzene rings is 1. The lowest BCUT2D eigenvalue weighted by molar-refractivity contribution is -0.906. The highest BCUT2D eigenvalue weighted by Crippen LogP contribution is 2.27. The van der Waals surface area contributed by atoms with Gasteiger partial charge in [0.1, 0.15) is 36.3 Å². The minimum Gasteiger partial charge on any atom is -0.370 e. The number of anilines is 1. The molecule has 0 spiro atoms. The Bertz CT molecular complexity index is 828. The van der Waals surface area contributed by atoms with Gasteiger partial charge < -0.3 is 19.9 Å². The Balaban J connectivity index is 1.56. The molecule has 23 heavy (non-hydrogen) atoms. The summed E-state index contributed by atoms with van der Waals surface area (Å²) in [5.74, 6) is 0.502. The Morgan fingerprint density at radius 1 is 1.26 bits per heavy atom. The number of ether oxygens (including phenoxy) is 1. The number of aromatic amines is 1. The molecular weight excluding hydrogens is 297 g/mol. The van der Waals surface area contributed by atoms with Gasteiger partial charge in [-0.15, -0.1) is 0 Å². The highest BCUT2D eigenvalue weighted by Gasteiger charge is 2.14. The quantitative estimate of drug-likeness (QED) is 0.659. The van der Waals surface area contributed by atoms with Crippen LogP contribution in [0.15, 0.2) is 24.5 Å². The Hall–Kier alpha value is -2.25. The van der Waals surface area contributed by atoms with E-state index in [9.17, 15) is 4.39 Å². The van der Waals surface area contributed by atoms with Gasteiger partial charge in [-0.3, -0.25) is 0 Å². The van der Waals surface area contributed by atoms with Crippen molar-refractivity contribution in [2.45, 2.75) is 0 Å². The van der Waals surface area contributed by atoms with Crippen LogP contribution in [0.2, 0.25) is 0 Å². The molecule has 3 heterocycles. The fourth-order valence-corrected chi connectivity index (χ4v) is 3.07. The van der Waals surface area contributed by atoms with Gasteiger partial charge in [0.05, 0.1) is 26.3 Å². The zero-order chi connectivity index (χ0) is 15.6. The average Bonchev–Trinajstić information content (AvgIpc) is 2.95. The van der Waals surface area contributed by atoms with E-state index in [1.165, 1.54) is 23.4 Å². The smallest absolute Gasteiger partial charge is 0.154 e. The lowest BCUT2D eigenvalue weighted by atomic mass is 10.2. The van der Waals surface area contributed by atoms with Gasteiger partial charge in [-0.1, -0.05) is 0 Å². The van der Waals surface area contributed by atoms with Crippen molar-refractivity contribution in [3.05, 3.63) is 30.3 Å². The molecule has 1 aliphatic rings. The van der Waals surface area contributed by atoms with Gasteiger partial charge in [0.2, 0.25) is 0 Å². The summed E-state index contributed by atoms with van der Waals surface area (Å²) in [4.78, 5) is 13.4. The molecule has 0 radical (unpaired) electrons. The molecule has 1 fully saturated rings. The molecule has 1 saturated heterocycles. The first-order valence-corrected chi connectivity index (χ1v) is 7.88. The molecule has 0 unspecified atom stereocenters. The first-order valence-electron chi connectivity index (χ1n) is 7.88. The van der Waals surface area contributed by atoms with Crippen LogP contribution in [0.1, 0.15) is 0 Å². The molecule has 1 aromatic carbocycles. The van der Waals surface area contributed by atoms with Crippen molar-refractivity contribution in [2.24, 2.45) is 0 Å². The summed E-state index contributed by atoms with van der Waals surface area (Å²) in [5, 5.41) is 4.15. The van der Waals surface area contributed by atoms with Crippen LogP contribution in [0.3, 0.4) is 0 Å². The molecule has 6 nitrogen and oxygen atoms in total. The second-order valence-corrected chi connectivity index (χ2v) is 5.80. The van der Waals surface area contributed by atoms with Crippen LogP contribution in [0.4, 0.5) is 10.2 Å². The number of hydrogen-bond acceptors (Lipinski definition) is 4. The SMILES string of the molecule is Fc1ccc2[nH]c3c(NCC[NH+]4CCOCC4)ncnc3c2c1. The lowest BCUT2D eigenvalue weighted by Gasteiger charge is -2.23. The predicted molar refractivity (Wildman–Crippen MR) is 86.2 cm³/mol. The molecular formula is C16H19FN5O+. The zero-order valence-corrected chi connectivity index (χ0v) is 12.7. The number of fused-ring (bicyclic) bond motifs is 3. The standard InChI is InChI=1S/C16H18FN5O/c17-11-1-2-13-12(9-11)14-15(21-13)16(20-10-19-14)18-3-4-22-5-7-23-8-6-22/h1-2,9-10,21H,3-8H2,(H,18,19,20)/p+1. The van der Waals surface area contributed by atoms with Crippen LogP contribution in [-0.2, 0) is 4.74 Å². The van der Waals surface area contributed by atoms with E-state index >= 15 is 0 Å². The summed E-state index contributed by atoms with van der Waals surface area (Å²) in [5.41, 5.74) is 2.43. The molecule has 3 aromatic rings. The monoisotopic (exact) mass is 316 g/mol. The molecule has 1 aliphatic heterocycles. The van der Waals surface area contributed by atoms with E-state index in [1.54, 1.807) is 6.07 Å². The van der Waals surface area contributed by atoms with Crippen LogP contribution in [0, 0.1) is 5.82 Å². The first kappa shape index (κ1) is 14.3. The van der Waals surface area contributed by atoms with Gasteiger partial charge in [0.15, 0.2) is 5.82 Å². The minimum atomic E-state index is -0.262. The number of nitrogens with one attached hydrogen (secondary N) is 3. The minimum absolute atomic E-state index is 0.262. The van der Waals surface area contributed by atoms with E-state index < -0.39 is 0 Å². The molecule has 2 aromatic heterocycles. The van der Waals surface area contributed by atoms with Gasteiger partial charge in [0.25, 0.3) is 0 Å². The van der Waals surface area contributed by atoms with E-state index in [-0.39, 0.29) is 5.82 Å². The Morgan fingerprint density at radius 2 is 2.13 bits per heavy atom. The van der Waals surface area contributed by atoms with Crippen LogP contribution < -0.4 is 10.2 Å². The number of hydrogen-bond donors (Lipinski definition) is 3. The first-order chi connectivity index (χ1) is 11.3. The molecule has 3 N–H and O–H groups in total. The zero-order valence-electron chi connectivity index (χ0n) is 12.7. The van der Waals surface area contributed by atoms with Gasteiger partial charge in [0, 0.05) is 10.9 Å². The number of quaternary nitrogens is 1. The fraction of sp³-hybridized carbons (Fsp3) is 0.375. The Kier molecular flexibility index (Phi) is 3.80. The van der Waals surface area contributed by atoms with Crippen molar-refractivity contribution in [1.29, 1.82) is 0 Å². The van der Waals surface area contributed by atoms with Crippen LogP contribution in [0.5, 0.6) is 0 Å². The van der Waals surface area contributed by atoms with Crippen molar-refractivity contribution >= 4 is 27.8 Å². The molecule has 120 valence electrons. The van der Waals surface area contributed by atoms with Crippen molar-refractivity contribution in [3.63, 3.8) is 0 Å². The van der Waals surface area contributed by atoms with E-state index in [2.05, 4.69) is 20.3 Å². The van der Waals surface area contributed by atoms with Gasteiger partial charge in [-0.25, -0.2) is 14.4 Å². The fourth-order valence-electron chi connectivity index (χ4n) is 3.07. The van der Waals surface area contributed by atoms with Gasteiger partial charge in [-0.05, 0) is 18.2 Å². The third-order valence-corrected chi connectivity index (χ3v) is 4.31. The van der Waals surface area contributed by atoms with Gasteiger partial charge in [-0.2, -0.15) is 0 Å². The third-order valence-electron chi connectivity index (χ3n) is 4.31. The molecule has 0 amide bonds. The number of H-pyrrole nitrogens is 1. The van der Waals surface area contributed by atoms with E-state index in [0.717, 1.165) is 67.1 Å². The normalized spacial score (nSPS) is 16.2. The summed E-state index contributed by atoms with van der Waals surface area (Å²) < 4.78 is 18.8. The molecule has 0 aliphatic carbocycles. The summed E-state index contributed by atoms with van der Waals surface area (Å²) in [6.45, 7) is 5.61. The number of rotatable bonds is 4. The van der Waals surface area contributed by atoms with Crippen LogP contribution >= 0.6 is 0 Å². The van der Waals surface area contributed by atoms with Crippen molar-refractivity contribution < 1.29 is 14.0 Å². The van der Waals surface area contributed by atoms with E-state index in [1.807, 2.05) is 0 Å². The maximum atomic E-state index is 13.5. The second kappa shape index (κ2) is 6.10. The Morgan fingerprint density at radius 3 is 3.00 bits per heavy atom. The summed E-state index contributed by atoms with van der Waals surface area (Å²) in [7, 11) is 0. The van der Waals surface area contributed by atoms with Crippen molar-refractivity contribution in [2.75, 3.05) is 44.7 Å². The van der Waals surface area contributed by atoms with Crippen LogP contribution in [-0.4, -0.2) is 54.3 Å². The second-order valence-electron chi connectivity index (χ2n) is 5.80. The summed E-state index contributed by atoms with van der Waals surface area (Å²) in [6.07, 6.45) is 1.52. The third kappa shape index (κ3) is 2.85. The number of morpholine rings is 1. The molecule has 0 saturated carbocycles. The summed E-state index contributed by atoms with van der Waals surface area (Å²) >= 11 is 0. The van der Waals surface area contributed by atoms with E-state index in [0.29, 0.717) is 0 Å².